The van der Waals surface area contributed by atoms with Gasteiger partial charge in [-0.25, -0.2) is 9.18 Å². The highest BCUT2D eigenvalue weighted by atomic mass is 32.2. The maximum absolute atomic E-state index is 14.5. The Hall–Kier alpha value is -1.74. The van der Waals surface area contributed by atoms with E-state index in [1.807, 2.05) is 16.7 Å². The Labute approximate surface area is 148 Å². The molecule has 2 fully saturated rings. The number of nitrogens with one attached hydrogen (secondary N) is 1. The molecule has 1 aromatic carbocycles. The van der Waals surface area contributed by atoms with Crippen molar-refractivity contribution in [2.45, 2.75) is 6.10 Å². The van der Waals surface area contributed by atoms with Gasteiger partial charge >= 0.3 is 6.09 Å². The number of hydrogen-bond acceptors (Lipinski definition) is 5. The number of aliphatic hydroxyl groups is 1. The van der Waals surface area contributed by atoms with Crippen LogP contribution in [0.3, 0.4) is 0 Å². The lowest BCUT2D eigenvalue weighted by molar-refractivity contribution is 0.142. The lowest BCUT2D eigenvalue weighted by Crippen LogP contribution is -2.34. The average molecular weight is 371 g/mol. The first-order valence-corrected chi connectivity index (χ1v) is 9.18. The highest BCUT2D eigenvalue weighted by Gasteiger charge is 2.32. The van der Waals surface area contributed by atoms with E-state index >= 15 is 0 Å². The minimum Gasteiger partial charge on any atom is -0.487 e. The normalized spacial score (nSPS) is 20.9. The van der Waals surface area contributed by atoms with Gasteiger partial charge in [0, 0.05) is 24.6 Å². The van der Waals surface area contributed by atoms with Gasteiger partial charge in [-0.2, -0.15) is 11.8 Å². The summed E-state index contributed by atoms with van der Waals surface area (Å²) in [5, 5.41) is 11.2. The number of cyclic esters (lactones) is 1. The number of hydrogen-bond donors (Lipinski definition) is 2. The molecule has 0 saturated carbocycles. The Morgan fingerprint density at radius 1 is 1.46 bits per heavy atom. The standard InChI is InChI=1S/C15H18FN3O3S2/c16-12-7-10(1-2-13(12)18-3-5-24-6-4-18)19-9-11(22-15(19)21)8-17-14(20)23/h1-2,7,11H,3-6,8-9H2,(H2,17,20,23). The van der Waals surface area contributed by atoms with Crippen LogP contribution in [0.4, 0.5) is 20.6 Å². The van der Waals surface area contributed by atoms with E-state index in [0.717, 1.165) is 24.6 Å². The summed E-state index contributed by atoms with van der Waals surface area (Å²) in [7, 11) is 0. The summed E-state index contributed by atoms with van der Waals surface area (Å²) in [4.78, 5) is 15.4. The smallest absolute Gasteiger partial charge is 0.414 e. The number of thiocarbonyl (C=S) groups is 1. The average Bonchev–Trinajstić information content (AvgIpc) is 2.94. The molecule has 2 aliphatic rings. The number of thioether (sulfide) groups is 1. The maximum Gasteiger partial charge on any atom is 0.414 e. The molecule has 1 unspecified atom stereocenters. The van der Waals surface area contributed by atoms with Gasteiger partial charge in [-0.3, -0.25) is 4.90 Å². The van der Waals surface area contributed by atoms with Crippen LogP contribution in [0, 0.1) is 5.82 Å². The number of anilines is 2. The van der Waals surface area contributed by atoms with Crippen LogP contribution in [0.25, 0.3) is 0 Å². The summed E-state index contributed by atoms with van der Waals surface area (Å²) in [6.07, 6.45) is -0.989. The van der Waals surface area contributed by atoms with Crippen LogP contribution >= 0.6 is 24.0 Å². The number of aliphatic hydroxyl groups excluding tert-OH is 1. The van der Waals surface area contributed by atoms with Crippen LogP contribution in [-0.4, -0.2) is 60.2 Å². The molecule has 6 nitrogen and oxygen atoms in total. The number of rotatable bonds is 4. The zero-order valence-corrected chi connectivity index (χ0v) is 14.5. The van der Waals surface area contributed by atoms with Gasteiger partial charge in [-0.15, -0.1) is 0 Å². The first-order valence-electron chi connectivity index (χ1n) is 7.62. The molecule has 2 heterocycles. The molecule has 24 heavy (non-hydrogen) atoms. The topological polar surface area (TPSA) is 65.0 Å². The van der Waals surface area contributed by atoms with Crippen molar-refractivity contribution in [1.82, 2.24) is 5.32 Å². The van der Waals surface area contributed by atoms with Crippen molar-refractivity contribution in [1.29, 1.82) is 0 Å². The van der Waals surface area contributed by atoms with Gasteiger partial charge in [0.05, 0.1) is 24.5 Å². The second-order valence-electron chi connectivity index (χ2n) is 5.54. The van der Waals surface area contributed by atoms with Gasteiger partial charge in [-0.05, 0) is 30.4 Å². The van der Waals surface area contributed by atoms with Gasteiger partial charge in [0.2, 0.25) is 0 Å². The van der Waals surface area contributed by atoms with Gasteiger partial charge < -0.3 is 20.1 Å². The number of amides is 1. The fourth-order valence-electron chi connectivity index (χ4n) is 2.76. The van der Waals surface area contributed by atoms with Crippen LogP contribution < -0.4 is 15.1 Å². The Kier molecular flexibility index (Phi) is 5.30. The predicted molar refractivity (Wildman–Crippen MR) is 96.8 cm³/mol. The van der Waals surface area contributed by atoms with E-state index in [-0.39, 0.29) is 24.1 Å². The van der Waals surface area contributed by atoms with E-state index in [1.165, 1.54) is 11.0 Å². The molecular formula is C15H18FN3O3S2. The number of carbonyl (C=O) groups is 1. The van der Waals surface area contributed by atoms with Crippen molar-refractivity contribution in [2.24, 2.45) is 0 Å². The zero-order chi connectivity index (χ0) is 17.1. The number of carbonyl (C=O) groups excluding carboxylic acids is 1. The summed E-state index contributed by atoms with van der Waals surface area (Å²) in [6.45, 7) is 2.13. The molecule has 0 radical (unpaired) electrons. The molecule has 3 rings (SSSR count). The third-order valence-corrected chi connectivity index (χ3v) is 5.04. The van der Waals surface area contributed by atoms with Crippen molar-refractivity contribution < 1.29 is 19.0 Å². The molecular weight excluding hydrogens is 353 g/mol. The van der Waals surface area contributed by atoms with Crippen molar-refractivity contribution in [3.05, 3.63) is 24.0 Å². The lowest BCUT2D eigenvalue weighted by Gasteiger charge is -2.29. The van der Waals surface area contributed by atoms with E-state index in [0.29, 0.717) is 11.4 Å². The Morgan fingerprint density at radius 3 is 2.88 bits per heavy atom. The highest BCUT2D eigenvalue weighted by Crippen LogP contribution is 2.29. The first-order chi connectivity index (χ1) is 11.5. The van der Waals surface area contributed by atoms with Crippen LogP contribution in [-0.2, 0) is 4.74 Å². The first kappa shape index (κ1) is 17.1. The van der Waals surface area contributed by atoms with Gasteiger partial charge in [-0.1, -0.05) is 0 Å². The zero-order valence-electron chi connectivity index (χ0n) is 12.9. The van der Waals surface area contributed by atoms with Crippen molar-refractivity contribution >= 4 is 46.6 Å². The van der Waals surface area contributed by atoms with Crippen LogP contribution in [0.2, 0.25) is 0 Å². The minimum absolute atomic E-state index is 0.212. The summed E-state index contributed by atoms with van der Waals surface area (Å²) < 4.78 is 19.7. The van der Waals surface area contributed by atoms with E-state index in [1.54, 1.807) is 12.1 Å². The molecule has 0 aromatic heterocycles. The molecule has 0 bridgehead atoms. The van der Waals surface area contributed by atoms with Crippen LogP contribution in [0.1, 0.15) is 0 Å². The number of halogens is 1. The Morgan fingerprint density at radius 2 is 2.21 bits per heavy atom. The predicted octanol–water partition coefficient (Wildman–Crippen LogP) is 2.14. The van der Waals surface area contributed by atoms with E-state index < -0.39 is 12.2 Å². The molecule has 2 aliphatic heterocycles. The monoisotopic (exact) mass is 371 g/mol. The lowest BCUT2D eigenvalue weighted by atomic mass is 10.2. The molecule has 1 amide bonds. The summed E-state index contributed by atoms with van der Waals surface area (Å²) in [6, 6.07) is 4.81. The van der Waals surface area contributed by atoms with Gasteiger partial charge in [0.1, 0.15) is 11.9 Å². The molecule has 2 N–H and O–H groups in total. The van der Waals surface area contributed by atoms with Gasteiger partial charge in [0.15, 0.2) is 0 Å². The van der Waals surface area contributed by atoms with Crippen molar-refractivity contribution in [2.75, 3.05) is 47.5 Å². The summed E-state index contributed by atoms with van der Waals surface area (Å²) >= 11 is 6.37. The van der Waals surface area contributed by atoms with Crippen LogP contribution in [0.5, 0.6) is 0 Å². The van der Waals surface area contributed by atoms with Gasteiger partial charge in [0.25, 0.3) is 5.17 Å². The largest absolute Gasteiger partial charge is 0.487 e. The Balaban J connectivity index is 1.69. The fraction of sp³-hybridized carbons (Fsp3) is 0.467. The molecule has 9 heteroatoms. The van der Waals surface area contributed by atoms with E-state index in [4.69, 9.17) is 9.84 Å². The molecule has 1 atom stereocenters. The van der Waals surface area contributed by atoms with Crippen molar-refractivity contribution in [3.63, 3.8) is 0 Å². The van der Waals surface area contributed by atoms with E-state index in [2.05, 4.69) is 17.5 Å². The fourth-order valence-corrected chi connectivity index (χ4v) is 3.75. The minimum atomic E-state index is -0.535. The third kappa shape index (κ3) is 3.84. The van der Waals surface area contributed by atoms with E-state index in [9.17, 15) is 9.18 Å². The number of nitrogens with zero attached hydrogens (tertiary/aromatic N) is 2. The highest BCUT2D eigenvalue weighted by molar-refractivity contribution is 7.99. The van der Waals surface area contributed by atoms with Crippen molar-refractivity contribution in [3.8, 4) is 0 Å². The summed E-state index contributed by atoms with van der Waals surface area (Å²) in [5.41, 5.74) is 1.03. The number of benzene rings is 1. The quantitative estimate of drug-likeness (QED) is 0.786. The van der Waals surface area contributed by atoms with Crippen LogP contribution in [0.15, 0.2) is 18.2 Å². The Bertz CT molecular complexity index is 640. The third-order valence-electron chi connectivity index (χ3n) is 3.95. The molecule has 0 spiro atoms. The maximum atomic E-state index is 14.5. The second-order valence-corrected chi connectivity index (χ2v) is 7.15. The molecule has 2 saturated heterocycles. The SMILES string of the molecule is O=C1OC(CNC(O)=S)CN1c1ccc(N2CCSCC2)c(F)c1. The molecule has 0 aliphatic carbocycles. The molecule has 1 aromatic rings. The summed E-state index contributed by atoms with van der Waals surface area (Å²) in [5.74, 6) is 1.63. The number of ether oxygens (including phenoxy) is 1. The second kappa shape index (κ2) is 7.43. The molecule has 130 valence electrons.